The van der Waals surface area contributed by atoms with Crippen molar-refractivity contribution in [3.63, 3.8) is 0 Å². The fourth-order valence-corrected chi connectivity index (χ4v) is 3.42. The molecule has 27 heavy (non-hydrogen) atoms. The van der Waals surface area contributed by atoms with Gasteiger partial charge in [-0.1, -0.05) is 12.1 Å². The monoisotopic (exact) mass is 383 g/mol. The second-order valence-corrected chi connectivity index (χ2v) is 6.71. The molecule has 6 nitrogen and oxygen atoms in total. The number of carbonyl (C=O) groups is 1. The van der Waals surface area contributed by atoms with Crippen molar-refractivity contribution < 1.29 is 23.5 Å². The lowest BCUT2D eigenvalue weighted by atomic mass is 10.2. The van der Waals surface area contributed by atoms with Gasteiger partial charge in [-0.05, 0) is 35.7 Å². The summed E-state index contributed by atoms with van der Waals surface area (Å²) in [6.07, 6.45) is -0.958. The van der Waals surface area contributed by atoms with Gasteiger partial charge in [-0.25, -0.2) is 0 Å². The van der Waals surface area contributed by atoms with Crippen LogP contribution in [0.2, 0.25) is 0 Å². The predicted octanol–water partition coefficient (Wildman–Crippen LogP) is 4.23. The number of aliphatic hydroxyl groups is 1. The van der Waals surface area contributed by atoms with Crippen LogP contribution < -0.4 is 10.1 Å². The molecule has 0 aliphatic heterocycles. The van der Waals surface area contributed by atoms with Gasteiger partial charge in [0, 0.05) is 16.3 Å². The van der Waals surface area contributed by atoms with Crippen molar-refractivity contribution in [1.29, 1.82) is 0 Å². The highest BCUT2D eigenvalue weighted by atomic mass is 32.1. The lowest BCUT2D eigenvalue weighted by molar-refractivity contribution is 0.0877. The van der Waals surface area contributed by atoms with Crippen LogP contribution in [0.4, 0.5) is 0 Å². The Morgan fingerprint density at radius 1 is 1.26 bits per heavy atom. The maximum absolute atomic E-state index is 12.4. The summed E-state index contributed by atoms with van der Waals surface area (Å²) in [5.41, 5.74) is 1.47. The number of carbonyl (C=O) groups excluding carboxylic acids is 1. The lowest BCUT2D eigenvalue weighted by Crippen LogP contribution is -2.27. The number of rotatable bonds is 6. The fourth-order valence-electron chi connectivity index (χ4n) is 2.78. The van der Waals surface area contributed by atoms with E-state index in [9.17, 15) is 9.90 Å². The average molecular weight is 383 g/mol. The van der Waals surface area contributed by atoms with Crippen LogP contribution in [0.1, 0.15) is 22.4 Å². The van der Waals surface area contributed by atoms with Crippen molar-refractivity contribution in [2.24, 2.45) is 0 Å². The first kappa shape index (κ1) is 17.4. The quantitative estimate of drug-likeness (QED) is 0.521. The molecule has 7 heteroatoms. The molecule has 0 saturated carbocycles. The maximum atomic E-state index is 12.4. The molecule has 0 saturated heterocycles. The van der Waals surface area contributed by atoms with Crippen LogP contribution in [-0.2, 0) is 0 Å². The Morgan fingerprint density at radius 3 is 2.93 bits per heavy atom. The number of amides is 1. The summed E-state index contributed by atoms with van der Waals surface area (Å²) < 4.78 is 16.5. The third kappa shape index (κ3) is 3.47. The molecule has 3 heterocycles. The van der Waals surface area contributed by atoms with E-state index in [2.05, 4.69) is 5.32 Å². The summed E-state index contributed by atoms with van der Waals surface area (Å²) >= 11 is 1.57. The normalized spacial score (nSPS) is 12.2. The molecule has 1 atom stereocenters. The Balaban J connectivity index is 1.43. The van der Waals surface area contributed by atoms with Gasteiger partial charge in [-0.3, -0.25) is 4.79 Å². The molecule has 1 aromatic carbocycles. The Labute approximate surface area is 159 Å². The Morgan fingerprint density at radius 2 is 2.15 bits per heavy atom. The van der Waals surface area contributed by atoms with E-state index in [0.29, 0.717) is 22.9 Å². The summed E-state index contributed by atoms with van der Waals surface area (Å²) in [5.74, 6) is 1.36. The number of para-hydroxylation sites is 1. The van der Waals surface area contributed by atoms with Crippen LogP contribution >= 0.6 is 11.3 Å². The summed E-state index contributed by atoms with van der Waals surface area (Å²) in [7, 11) is 1.54. The van der Waals surface area contributed by atoms with Gasteiger partial charge in [0.05, 0.1) is 13.7 Å². The Hall–Kier alpha value is -3.03. The molecule has 4 aromatic rings. The largest absolute Gasteiger partial charge is 0.493 e. The number of nitrogens with one attached hydrogen (secondary N) is 1. The van der Waals surface area contributed by atoms with Gasteiger partial charge in [0.1, 0.15) is 17.6 Å². The molecule has 4 rings (SSSR count). The SMILES string of the molecule is COc1cccc2cc(C(=O)NCC(O)c3ccc(-c4ccsc4)o3)oc12. The van der Waals surface area contributed by atoms with Gasteiger partial charge in [0.25, 0.3) is 5.91 Å². The third-order valence-electron chi connectivity index (χ3n) is 4.17. The molecule has 3 aromatic heterocycles. The van der Waals surface area contributed by atoms with Crippen molar-refractivity contribution >= 4 is 28.2 Å². The zero-order chi connectivity index (χ0) is 18.8. The van der Waals surface area contributed by atoms with Gasteiger partial charge in [-0.15, -0.1) is 0 Å². The van der Waals surface area contributed by atoms with Crippen LogP contribution in [0, 0.1) is 0 Å². The number of fused-ring (bicyclic) bond motifs is 1. The van der Waals surface area contributed by atoms with Crippen molar-refractivity contribution in [2.45, 2.75) is 6.10 Å². The average Bonchev–Trinajstić information content (AvgIpc) is 3.44. The maximum Gasteiger partial charge on any atom is 0.287 e. The van der Waals surface area contributed by atoms with Gasteiger partial charge in [-0.2, -0.15) is 11.3 Å². The van der Waals surface area contributed by atoms with Crippen molar-refractivity contribution in [2.75, 3.05) is 13.7 Å². The second kappa shape index (κ2) is 7.30. The molecular formula is C20H17NO5S. The topological polar surface area (TPSA) is 84.8 Å². The molecule has 0 spiro atoms. The third-order valence-corrected chi connectivity index (χ3v) is 4.85. The molecule has 1 unspecified atom stereocenters. The molecule has 0 aliphatic rings. The van der Waals surface area contributed by atoms with E-state index in [4.69, 9.17) is 13.6 Å². The highest BCUT2D eigenvalue weighted by Crippen LogP contribution is 2.29. The molecule has 0 aliphatic carbocycles. The first-order valence-corrected chi connectivity index (χ1v) is 9.25. The molecule has 2 N–H and O–H groups in total. The summed E-state index contributed by atoms with van der Waals surface area (Å²) in [6.45, 7) is 0.00358. The van der Waals surface area contributed by atoms with E-state index in [0.717, 1.165) is 10.9 Å². The van der Waals surface area contributed by atoms with Crippen molar-refractivity contribution in [1.82, 2.24) is 5.32 Å². The lowest BCUT2D eigenvalue weighted by Gasteiger charge is -2.08. The van der Waals surface area contributed by atoms with Crippen molar-refractivity contribution in [3.8, 4) is 17.1 Å². The number of thiophene rings is 1. The first-order chi connectivity index (χ1) is 13.2. The van der Waals surface area contributed by atoms with E-state index < -0.39 is 12.0 Å². The standard InChI is InChI=1S/C20H17NO5S/c1-24-17-4-2-3-12-9-18(26-19(12)17)20(23)21-10-14(22)16-6-5-15(25-16)13-7-8-27-11-13/h2-9,11,14,22H,10H2,1H3,(H,21,23). The van der Waals surface area contributed by atoms with E-state index in [-0.39, 0.29) is 12.3 Å². The smallest absolute Gasteiger partial charge is 0.287 e. The predicted molar refractivity (Wildman–Crippen MR) is 102 cm³/mol. The summed E-state index contributed by atoms with van der Waals surface area (Å²) in [5, 5.41) is 17.6. The van der Waals surface area contributed by atoms with Crippen molar-refractivity contribution in [3.05, 3.63) is 64.7 Å². The minimum Gasteiger partial charge on any atom is -0.493 e. The summed E-state index contributed by atoms with van der Waals surface area (Å²) in [4.78, 5) is 12.4. The Kier molecular flexibility index (Phi) is 4.70. The highest BCUT2D eigenvalue weighted by Gasteiger charge is 2.18. The second-order valence-electron chi connectivity index (χ2n) is 5.93. The van der Waals surface area contributed by atoms with E-state index in [1.165, 1.54) is 0 Å². The van der Waals surface area contributed by atoms with Gasteiger partial charge in [0.15, 0.2) is 17.1 Å². The first-order valence-electron chi connectivity index (χ1n) is 8.31. The number of ether oxygens (including phenoxy) is 1. The minimum atomic E-state index is -0.958. The van der Waals surface area contributed by atoms with Crippen LogP contribution in [0.3, 0.4) is 0 Å². The van der Waals surface area contributed by atoms with Crippen LogP contribution in [0.5, 0.6) is 5.75 Å². The molecular weight excluding hydrogens is 366 g/mol. The number of aliphatic hydroxyl groups excluding tert-OH is 1. The molecule has 0 radical (unpaired) electrons. The van der Waals surface area contributed by atoms with Gasteiger partial charge in [0.2, 0.25) is 0 Å². The van der Waals surface area contributed by atoms with E-state index in [1.54, 1.807) is 42.7 Å². The van der Waals surface area contributed by atoms with Gasteiger partial charge < -0.3 is 24.0 Å². The van der Waals surface area contributed by atoms with E-state index >= 15 is 0 Å². The number of methoxy groups -OCH3 is 1. The number of furan rings is 2. The zero-order valence-electron chi connectivity index (χ0n) is 14.5. The zero-order valence-corrected chi connectivity index (χ0v) is 15.3. The number of hydrogen-bond acceptors (Lipinski definition) is 6. The minimum absolute atomic E-state index is 0.00358. The van der Waals surface area contributed by atoms with Crippen LogP contribution in [0.15, 0.2) is 62.1 Å². The molecule has 0 bridgehead atoms. The van der Waals surface area contributed by atoms with Crippen LogP contribution in [0.25, 0.3) is 22.3 Å². The summed E-state index contributed by atoms with van der Waals surface area (Å²) in [6, 6.07) is 12.5. The molecule has 1 amide bonds. The van der Waals surface area contributed by atoms with Crippen LogP contribution in [-0.4, -0.2) is 24.7 Å². The molecule has 0 fully saturated rings. The fraction of sp³-hybridized carbons (Fsp3) is 0.150. The number of hydrogen-bond donors (Lipinski definition) is 2. The Bertz CT molecular complexity index is 1060. The number of benzene rings is 1. The van der Waals surface area contributed by atoms with Gasteiger partial charge >= 0.3 is 0 Å². The van der Waals surface area contributed by atoms with E-state index in [1.807, 2.05) is 29.0 Å². The highest BCUT2D eigenvalue weighted by molar-refractivity contribution is 7.08. The molecule has 138 valence electrons.